The maximum atomic E-state index is 10.8. The fourth-order valence-electron chi connectivity index (χ4n) is 2.40. The molecule has 0 aliphatic carbocycles. The quantitative estimate of drug-likeness (QED) is 0.676. The first-order valence-electron chi connectivity index (χ1n) is 6.47. The summed E-state index contributed by atoms with van der Waals surface area (Å²) < 4.78 is 7.41. The van der Waals surface area contributed by atoms with E-state index < -0.39 is 0 Å². The van der Waals surface area contributed by atoms with Gasteiger partial charge in [-0.05, 0) is 42.0 Å². The van der Waals surface area contributed by atoms with Crippen molar-refractivity contribution in [3.8, 4) is 5.75 Å². The lowest BCUT2D eigenvalue weighted by atomic mass is 10.1. The number of aldehydes is 1. The number of ether oxygens (including phenoxy) is 1. The maximum absolute atomic E-state index is 10.8. The van der Waals surface area contributed by atoms with Gasteiger partial charge in [0.1, 0.15) is 12.0 Å². The van der Waals surface area contributed by atoms with E-state index in [0.717, 1.165) is 29.5 Å². The Morgan fingerprint density at radius 1 is 1.15 bits per heavy atom. The molecule has 0 saturated carbocycles. The SMILES string of the molecule is COc1cccc(Cn2ccc3cc(C=O)ccc32)c1. The number of rotatable bonds is 4. The second-order valence-electron chi connectivity index (χ2n) is 4.73. The summed E-state index contributed by atoms with van der Waals surface area (Å²) in [5.41, 5.74) is 3.01. The lowest BCUT2D eigenvalue weighted by Crippen LogP contribution is -1.98. The van der Waals surface area contributed by atoms with Crippen LogP contribution in [0.2, 0.25) is 0 Å². The van der Waals surface area contributed by atoms with Crippen molar-refractivity contribution in [2.24, 2.45) is 0 Å². The second kappa shape index (κ2) is 5.21. The average Bonchev–Trinajstić information content (AvgIpc) is 2.89. The van der Waals surface area contributed by atoms with Crippen LogP contribution in [0.25, 0.3) is 10.9 Å². The molecule has 0 fully saturated rings. The zero-order valence-electron chi connectivity index (χ0n) is 11.2. The van der Waals surface area contributed by atoms with E-state index in [-0.39, 0.29) is 0 Å². The lowest BCUT2D eigenvalue weighted by Gasteiger charge is -2.07. The van der Waals surface area contributed by atoms with Gasteiger partial charge in [0.05, 0.1) is 7.11 Å². The average molecular weight is 265 g/mol. The molecule has 2 aromatic carbocycles. The Morgan fingerprint density at radius 3 is 2.85 bits per heavy atom. The van der Waals surface area contributed by atoms with Gasteiger partial charge in [-0.1, -0.05) is 12.1 Å². The standard InChI is InChI=1S/C17H15NO2/c1-20-16-4-2-3-13(10-16)11-18-8-7-15-9-14(12-19)5-6-17(15)18/h2-10,12H,11H2,1H3. The molecule has 0 bridgehead atoms. The van der Waals surface area contributed by atoms with Gasteiger partial charge in [-0.2, -0.15) is 0 Å². The van der Waals surface area contributed by atoms with E-state index in [4.69, 9.17) is 4.74 Å². The summed E-state index contributed by atoms with van der Waals surface area (Å²) in [7, 11) is 1.67. The van der Waals surface area contributed by atoms with Gasteiger partial charge in [0.2, 0.25) is 0 Å². The predicted octanol–water partition coefficient (Wildman–Crippen LogP) is 3.51. The van der Waals surface area contributed by atoms with Crippen LogP contribution >= 0.6 is 0 Å². The number of nitrogens with zero attached hydrogens (tertiary/aromatic N) is 1. The number of benzene rings is 2. The maximum Gasteiger partial charge on any atom is 0.150 e. The minimum atomic E-state index is 0.705. The van der Waals surface area contributed by atoms with Gasteiger partial charge in [0, 0.05) is 29.2 Å². The molecule has 0 radical (unpaired) electrons. The van der Waals surface area contributed by atoms with Crippen LogP contribution in [-0.2, 0) is 6.54 Å². The molecule has 1 aromatic heterocycles. The number of carbonyl (C=O) groups excluding carboxylic acids is 1. The third-order valence-corrected chi connectivity index (χ3v) is 3.42. The molecule has 0 aliphatic rings. The summed E-state index contributed by atoms with van der Waals surface area (Å²) in [6.45, 7) is 0.779. The van der Waals surface area contributed by atoms with E-state index in [9.17, 15) is 4.79 Å². The molecule has 0 spiro atoms. The Balaban J connectivity index is 1.96. The first-order chi connectivity index (χ1) is 9.80. The highest BCUT2D eigenvalue weighted by Crippen LogP contribution is 2.20. The summed E-state index contributed by atoms with van der Waals surface area (Å²) in [5, 5.41) is 1.08. The summed E-state index contributed by atoms with van der Waals surface area (Å²) in [4.78, 5) is 10.8. The number of hydrogen-bond acceptors (Lipinski definition) is 2. The zero-order valence-corrected chi connectivity index (χ0v) is 11.2. The van der Waals surface area contributed by atoms with Crippen LogP contribution in [0.4, 0.5) is 0 Å². The molecule has 3 heteroatoms. The molecular formula is C17H15NO2. The highest BCUT2D eigenvalue weighted by atomic mass is 16.5. The third kappa shape index (κ3) is 2.30. The zero-order chi connectivity index (χ0) is 13.9. The summed E-state index contributed by atoms with van der Waals surface area (Å²) in [6, 6.07) is 15.8. The molecule has 3 nitrogen and oxygen atoms in total. The fourth-order valence-corrected chi connectivity index (χ4v) is 2.40. The van der Waals surface area contributed by atoms with Crippen LogP contribution in [0.15, 0.2) is 54.7 Å². The summed E-state index contributed by atoms with van der Waals surface area (Å²) in [5.74, 6) is 0.863. The highest BCUT2D eigenvalue weighted by molar-refractivity contribution is 5.87. The van der Waals surface area contributed by atoms with Gasteiger partial charge in [0.25, 0.3) is 0 Å². The minimum absolute atomic E-state index is 0.705. The Kier molecular flexibility index (Phi) is 3.25. The normalized spacial score (nSPS) is 10.7. The van der Waals surface area contributed by atoms with Gasteiger partial charge in [0.15, 0.2) is 0 Å². The lowest BCUT2D eigenvalue weighted by molar-refractivity contribution is 0.112. The number of methoxy groups -OCH3 is 1. The summed E-state index contributed by atoms with van der Waals surface area (Å²) in [6.07, 6.45) is 2.91. The molecule has 0 aliphatic heterocycles. The molecule has 0 unspecified atom stereocenters. The third-order valence-electron chi connectivity index (χ3n) is 3.42. The summed E-state index contributed by atoms with van der Waals surface area (Å²) >= 11 is 0. The van der Waals surface area contributed by atoms with Gasteiger partial charge >= 0.3 is 0 Å². The van der Waals surface area contributed by atoms with Crippen LogP contribution in [0, 0.1) is 0 Å². The molecule has 0 atom stereocenters. The number of carbonyl (C=O) groups is 1. The van der Waals surface area contributed by atoms with E-state index in [1.54, 1.807) is 7.11 Å². The van der Waals surface area contributed by atoms with E-state index >= 15 is 0 Å². The second-order valence-corrected chi connectivity index (χ2v) is 4.73. The smallest absolute Gasteiger partial charge is 0.150 e. The van der Waals surface area contributed by atoms with E-state index in [1.807, 2.05) is 48.7 Å². The monoisotopic (exact) mass is 265 g/mol. The van der Waals surface area contributed by atoms with Crippen LogP contribution < -0.4 is 4.74 Å². The van der Waals surface area contributed by atoms with Crippen molar-refractivity contribution in [1.82, 2.24) is 4.57 Å². The van der Waals surface area contributed by atoms with Crippen molar-refractivity contribution in [1.29, 1.82) is 0 Å². The number of hydrogen-bond donors (Lipinski definition) is 0. The van der Waals surface area contributed by atoms with Crippen LogP contribution in [0.1, 0.15) is 15.9 Å². The molecule has 3 rings (SSSR count). The minimum Gasteiger partial charge on any atom is -0.497 e. The van der Waals surface area contributed by atoms with Crippen LogP contribution in [0.3, 0.4) is 0 Å². The molecule has 3 aromatic rings. The van der Waals surface area contributed by atoms with E-state index in [0.29, 0.717) is 5.56 Å². The Bertz CT molecular complexity index is 759. The molecule has 0 amide bonds. The molecule has 1 heterocycles. The Hall–Kier alpha value is -2.55. The van der Waals surface area contributed by atoms with E-state index in [1.165, 1.54) is 5.56 Å². The molecule has 0 saturated heterocycles. The number of aromatic nitrogens is 1. The largest absolute Gasteiger partial charge is 0.497 e. The van der Waals surface area contributed by atoms with Gasteiger partial charge in [-0.3, -0.25) is 4.79 Å². The van der Waals surface area contributed by atoms with Crippen LogP contribution in [-0.4, -0.2) is 18.0 Å². The molecule has 100 valence electrons. The van der Waals surface area contributed by atoms with Gasteiger partial charge in [-0.25, -0.2) is 0 Å². The van der Waals surface area contributed by atoms with Gasteiger partial charge < -0.3 is 9.30 Å². The molecular weight excluding hydrogens is 250 g/mol. The van der Waals surface area contributed by atoms with Crippen molar-refractivity contribution in [2.45, 2.75) is 6.54 Å². The van der Waals surface area contributed by atoms with Gasteiger partial charge in [-0.15, -0.1) is 0 Å². The van der Waals surface area contributed by atoms with Crippen molar-refractivity contribution in [2.75, 3.05) is 7.11 Å². The van der Waals surface area contributed by atoms with Crippen molar-refractivity contribution in [3.63, 3.8) is 0 Å². The predicted molar refractivity (Wildman–Crippen MR) is 79.4 cm³/mol. The van der Waals surface area contributed by atoms with Crippen molar-refractivity contribution in [3.05, 3.63) is 65.9 Å². The van der Waals surface area contributed by atoms with Crippen LogP contribution in [0.5, 0.6) is 5.75 Å². The number of fused-ring (bicyclic) bond motifs is 1. The Morgan fingerprint density at radius 2 is 2.05 bits per heavy atom. The molecule has 0 N–H and O–H groups in total. The van der Waals surface area contributed by atoms with Crippen molar-refractivity contribution < 1.29 is 9.53 Å². The Labute approximate surface area is 117 Å². The topological polar surface area (TPSA) is 31.2 Å². The molecule has 20 heavy (non-hydrogen) atoms. The highest BCUT2D eigenvalue weighted by Gasteiger charge is 2.03. The first-order valence-corrected chi connectivity index (χ1v) is 6.47. The van der Waals surface area contributed by atoms with Crippen molar-refractivity contribution >= 4 is 17.2 Å². The first kappa shape index (κ1) is 12.5. The fraction of sp³-hybridized carbons (Fsp3) is 0.118. The van der Waals surface area contributed by atoms with E-state index in [2.05, 4.69) is 10.6 Å².